The Labute approximate surface area is 142 Å². The zero-order valence-corrected chi connectivity index (χ0v) is 15.0. The van der Waals surface area contributed by atoms with E-state index >= 15 is 0 Å². The molecule has 1 atom stereocenters. The van der Waals surface area contributed by atoms with Crippen molar-refractivity contribution in [2.24, 2.45) is 0 Å². The van der Waals surface area contributed by atoms with Crippen LogP contribution in [0.3, 0.4) is 0 Å². The molecule has 0 aliphatic rings. The molecule has 8 heteroatoms. The number of carbonyl (C=O) groups excluding carboxylic acids is 1. The number of hydrogen-bond acceptors (Lipinski definition) is 4. The number of carboxylic acid groups (broad SMARTS) is 1. The molecule has 0 aliphatic heterocycles. The van der Waals surface area contributed by atoms with Gasteiger partial charge in [0.1, 0.15) is 6.54 Å². The number of carboxylic acids is 1. The van der Waals surface area contributed by atoms with E-state index in [1.807, 2.05) is 6.92 Å². The first-order chi connectivity index (χ1) is 11.2. The summed E-state index contributed by atoms with van der Waals surface area (Å²) in [5, 5.41) is 8.98. The third-order valence-corrected chi connectivity index (χ3v) is 5.11. The van der Waals surface area contributed by atoms with Gasteiger partial charge in [-0.25, -0.2) is 13.1 Å². The van der Waals surface area contributed by atoms with Gasteiger partial charge in [-0.1, -0.05) is 19.1 Å². The molecule has 0 radical (unpaired) electrons. The fourth-order valence-corrected chi connectivity index (χ4v) is 2.61. The summed E-state index contributed by atoms with van der Waals surface area (Å²) in [6.07, 6.45) is 0.649. The van der Waals surface area contributed by atoms with Crippen molar-refractivity contribution in [3.05, 3.63) is 35.4 Å². The van der Waals surface area contributed by atoms with Crippen LogP contribution in [-0.4, -0.2) is 48.6 Å². The van der Waals surface area contributed by atoms with Crippen molar-refractivity contribution >= 4 is 21.9 Å². The third-order valence-electron chi connectivity index (χ3n) is 3.77. The minimum Gasteiger partial charge on any atom is -0.480 e. The molecule has 1 rings (SSSR count). The van der Waals surface area contributed by atoms with Gasteiger partial charge in [0.15, 0.2) is 0 Å². The number of aliphatic carboxylic acids is 1. The Kier molecular flexibility index (Phi) is 7.37. The second-order valence-electron chi connectivity index (χ2n) is 5.51. The van der Waals surface area contributed by atoms with Gasteiger partial charge >= 0.3 is 5.97 Å². The van der Waals surface area contributed by atoms with Crippen LogP contribution >= 0.6 is 0 Å². The molecule has 1 amide bonds. The van der Waals surface area contributed by atoms with E-state index in [0.29, 0.717) is 12.0 Å². The smallest absolute Gasteiger partial charge is 0.323 e. The second-order valence-corrected chi connectivity index (χ2v) is 7.60. The van der Waals surface area contributed by atoms with E-state index in [9.17, 15) is 18.0 Å². The molecular formula is C16H24N2O5S. The van der Waals surface area contributed by atoms with Crippen LogP contribution in [0.2, 0.25) is 0 Å². The van der Waals surface area contributed by atoms with E-state index < -0.39 is 16.0 Å². The number of rotatable bonds is 9. The summed E-state index contributed by atoms with van der Waals surface area (Å²) in [5.41, 5.74) is 1.09. The predicted molar refractivity (Wildman–Crippen MR) is 91.2 cm³/mol. The summed E-state index contributed by atoms with van der Waals surface area (Å²) in [6, 6.07) is 6.27. The molecule has 134 valence electrons. The Morgan fingerprint density at radius 1 is 1.21 bits per heavy atom. The summed E-state index contributed by atoms with van der Waals surface area (Å²) in [6.45, 7) is 5.03. The molecule has 0 aliphatic carbocycles. The standard InChI is InChI=1S/C16H24N2O5S/c1-4-12(3)18(11-15(19)20)16(21)14-8-6-13(7-9-14)10-17-24(22,23)5-2/h6-9,12,17H,4-5,10-11H2,1-3H3,(H,19,20). The van der Waals surface area contributed by atoms with Gasteiger partial charge in [0.2, 0.25) is 10.0 Å². The molecule has 0 spiro atoms. The van der Waals surface area contributed by atoms with E-state index in [1.54, 1.807) is 38.1 Å². The van der Waals surface area contributed by atoms with Crippen LogP contribution < -0.4 is 4.72 Å². The van der Waals surface area contributed by atoms with Crippen molar-refractivity contribution in [3.63, 3.8) is 0 Å². The van der Waals surface area contributed by atoms with Gasteiger partial charge in [0.05, 0.1) is 5.75 Å². The Hall–Kier alpha value is -1.93. The fourth-order valence-electron chi connectivity index (χ4n) is 2.02. The van der Waals surface area contributed by atoms with E-state index in [0.717, 1.165) is 5.56 Å². The lowest BCUT2D eigenvalue weighted by Gasteiger charge is -2.27. The van der Waals surface area contributed by atoms with E-state index in [2.05, 4.69) is 4.72 Å². The van der Waals surface area contributed by atoms with Gasteiger partial charge in [-0.3, -0.25) is 9.59 Å². The lowest BCUT2D eigenvalue weighted by Crippen LogP contribution is -2.41. The average Bonchev–Trinajstić information content (AvgIpc) is 2.57. The zero-order valence-electron chi connectivity index (χ0n) is 14.2. The van der Waals surface area contributed by atoms with Gasteiger partial charge in [-0.15, -0.1) is 0 Å². The molecule has 1 aromatic carbocycles. The molecule has 0 bridgehead atoms. The van der Waals surface area contributed by atoms with Crippen molar-refractivity contribution < 1.29 is 23.1 Å². The minimum atomic E-state index is -3.28. The van der Waals surface area contributed by atoms with Crippen LogP contribution in [0.15, 0.2) is 24.3 Å². The van der Waals surface area contributed by atoms with Gasteiger partial charge in [-0.2, -0.15) is 0 Å². The van der Waals surface area contributed by atoms with Crippen LogP contribution in [0, 0.1) is 0 Å². The molecule has 2 N–H and O–H groups in total. The Morgan fingerprint density at radius 3 is 2.25 bits per heavy atom. The molecule has 1 aromatic rings. The first kappa shape index (κ1) is 20.1. The quantitative estimate of drug-likeness (QED) is 0.697. The molecule has 24 heavy (non-hydrogen) atoms. The maximum Gasteiger partial charge on any atom is 0.323 e. The van der Waals surface area contributed by atoms with Crippen LogP contribution in [0.4, 0.5) is 0 Å². The largest absolute Gasteiger partial charge is 0.480 e. The first-order valence-corrected chi connectivity index (χ1v) is 9.44. The summed E-state index contributed by atoms with van der Waals surface area (Å²) >= 11 is 0. The minimum absolute atomic E-state index is 0.00260. The lowest BCUT2D eigenvalue weighted by molar-refractivity contribution is -0.138. The summed E-state index contributed by atoms with van der Waals surface area (Å²) in [7, 11) is -3.28. The van der Waals surface area contributed by atoms with Crippen molar-refractivity contribution in [1.29, 1.82) is 0 Å². The molecule has 1 unspecified atom stereocenters. The van der Waals surface area contributed by atoms with Crippen molar-refractivity contribution in [2.45, 2.75) is 39.8 Å². The summed E-state index contributed by atoms with van der Waals surface area (Å²) in [4.78, 5) is 24.8. The molecule has 0 saturated carbocycles. The summed E-state index contributed by atoms with van der Waals surface area (Å²) < 4.78 is 25.3. The highest BCUT2D eigenvalue weighted by atomic mass is 32.2. The van der Waals surface area contributed by atoms with Crippen molar-refractivity contribution in [2.75, 3.05) is 12.3 Å². The number of sulfonamides is 1. The first-order valence-electron chi connectivity index (χ1n) is 7.79. The lowest BCUT2D eigenvalue weighted by atomic mass is 10.1. The van der Waals surface area contributed by atoms with Crippen LogP contribution in [0.1, 0.15) is 43.1 Å². The molecular weight excluding hydrogens is 332 g/mol. The second kappa shape index (κ2) is 8.79. The number of nitrogens with zero attached hydrogens (tertiary/aromatic N) is 1. The fraction of sp³-hybridized carbons (Fsp3) is 0.500. The molecule has 0 saturated heterocycles. The van der Waals surface area contributed by atoms with Crippen molar-refractivity contribution in [1.82, 2.24) is 9.62 Å². The highest BCUT2D eigenvalue weighted by Gasteiger charge is 2.22. The number of carbonyl (C=O) groups is 2. The van der Waals surface area contributed by atoms with E-state index in [-0.39, 0.29) is 30.8 Å². The van der Waals surface area contributed by atoms with Gasteiger partial charge in [0.25, 0.3) is 5.91 Å². The SMILES string of the molecule is CCC(C)N(CC(=O)O)C(=O)c1ccc(CNS(=O)(=O)CC)cc1. The number of nitrogens with one attached hydrogen (secondary N) is 1. The molecule has 7 nitrogen and oxygen atoms in total. The molecule has 0 heterocycles. The predicted octanol–water partition coefficient (Wildman–Crippen LogP) is 1.45. The van der Waals surface area contributed by atoms with E-state index in [4.69, 9.17) is 5.11 Å². The van der Waals surface area contributed by atoms with Gasteiger partial charge in [-0.05, 0) is 38.0 Å². The number of amides is 1. The zero-order chi connectivity index (χ0) is 18.3. The Balaban J connectivity index is 2.86. The summed E-state index contributed by atoms with van der Waals surface area (Å²) in [5.74, 6) is -1.41. The topological polar surface area (TPSA) is 104 Å². The highest BCUT2D eigenvalue weighted by molar-refractivity contribution is 7.89. The third kappa shape index (κ3) is 5.93. The molecule has 0 fully saturated rings. The Bertz CT molecular complexity index is 670. The van der Waals surface area contributed by atoms with E-state index in [1.165, 1.54) is 4.90 Å². The average molecular weight is 356 g/mol. The molecule has 0 aromatic heterocycles. The maximum atomic E-state index is 12.5. The number of benzene rings is 1. The Morgan fingerprint density at radius 2 is 1.79 bits per heavy atom. The van der Waals surface area contributed by atoms with Crippen LogP contribution in [-0.2, 0) is 21.4 Å². The monoisotopic (exact) mass is 356 g/mol. The highest BCUT2D eigenvalue weighted by Crippen LogP contribution is 2.12. The van der Waals surface area contributed by atoms with Crippen molar-refractivity contribution in [3.8, 4) is 0 Å². The maximum absolute atomic E-state index is 12.5. The van der Waals surface area contributed by atoms with Crippen LogP contribution in [0.5, 0.6) is 0 Å². The normalized spacial score (nSPS) is 12.6. The number of hydrogen-bond donors (Lipinski definition) is 2. The van der Waals surface area contributed by atoms with Gasteiger partial charge < -0.3 is 10.0 Å². The van der Waals surface area contributed by atoms with Gasteiger partial charge in [0, 0.05) is 18.2 Å². The van der Waals surface area contributed by atoms with Crippen LogP contribution in [0.25, 0.3) is 0 Å².